The summed E-state index contributed by atoms with van der Waals surface area (Å²) in [6.45, 7) is 0.507. The smallest absolute Gasteiger partial charge is 0.325 e. The SMILES string of the molecule is O=C(CCNC1CCCCCC1)Nc1cc(C(F)(F)F)ccc1Cl. The molecular formula is C17H22ClF3N2O. The second kappa shape index (κ2) is 8.72. The van der Waals surface area contributed by atoms with E-state index in [4.69, 9.17) is 11.6 Å². The molecule has 2 rings (SSSR count). The van der Waals surface area contributed by atoms with E-state index in [9.17, 15) is 18.0 Å². The zero-order chi connectivity index (χ0) is 17.6. The number of carbonyl (C=O) groups excluding carboxylic acids is 1. The Kier molecular flexibility index (Phi) is 6.92. The standard InChI is InChI=1S/C17H22ClF3N2O/c18-14-8-7-12(17(19,20)21)11-15(14)23-16(24)9-10-22-13-5-3-1-2-4-6-13/h7-8,11,13,22H,1-6,9-10H2,(H,23,24). The Bertz CT molecular complexity index is 555. The molecule has 1 fully saturated rings. The van der Waals surface area contributed by atoms with Gasteiger partial charge in [0.25, 0.3) is 0 Å². The number of halogens is 4. The van der Waals surface area contributed by atoms with E-state index in [1.165, 1.54) is 25.7 Å². The van der Waals surface area contributed by atoms with Crippen LogP contribution in [0.3, 0.4) is 0 Å². The van der Waals surface area contributed by atoms with Gasteiger partial charge in [0.05, 0.1) is 16.3 Å². The van der Waals surface area contributed by atoms with Crippen LogP contribution in [0.4, 0.5) is 18.9 Å². The van der Waals surface area contributed by atoms with E-state index >= 15 is 0 Å². The summed E-state index contributed by atoms with van der Waals surface area (Å²) >= 11 is 5.87. The predicted molar refractivity (Wildman–Crippen MR) is 89.2 cm³/mol. The first kappa shape index (κ1) is 19.1. The van der Waals surface area contributed by atoms with Crippen LogP contribution >= 0.6 is 11.6 Å². The van der Waals surface area contributed by atoms with E-state index < -0.39 is 11.7 Å². The molecule has 0 aliphatic heterocycles. The third kappa shape index (κ3) is 5.98. The van der Waals surface area contributed by atoms with Crippen LogP contribution in [-0.2, 0) is 11.0 Å². The summed E-state index contributed by atoms with van der Waals surface area (Å²) in [5.74, 6) is -0.350. The van der Waals surface area contributed by atoms with E-state index in [0.717, 1.165) is 31.0 Å². The Balaban J connectivity index is 1.83. The van der Waals surface area contributed by atoms with Gasteiger partial charge in [0.15, 0.2) is 0 Å². The Labute approximate surface area is 145 Å². The number of amides is 1. The summed E-state index contributed by atoms with van der Waals surface area (Å²) < 4.78 is 38.1. The molecule has 0 aromatic heterocycles. The maximum atomic E-state index is 12.7. The van der Waals surface area contributed by atoms with E-state index in [2.05, 4.69) is 10.6 Å². The normalized spacial score (nSPS) is 16.7. The molecule has 3 nitrogen and oxygen atoms in total. The highest BCUT2D eigenvalue weighted by Crippen LogP contribution is 2.33. The predicted octanol–water partition coefficient (Wildman–Crippen LogP) is 5.00. The average Bonchev–Trinajstić information content (AvgIpc) is 2.77. The second-order valence-electron chi connectivity index (χ2n) is 6.13. The lowest BCUT2D eigenvalue weighted by Gasteiger charge is -2.16. The quantitative estimate of drug-likeness (QED) is 0.724. The first-order chi connectivity index (χ1) is 11.4. The van der Waals surface area contributed by atoms with Crippen molar-refractivity contribution in [3.05, 3.63) is 28.8 Å². The summed E-state index contributed by atoms with van der Waals surface area (Å²) in [6.07, 6.45) is 2.86. The van der Waals surface area contributed by atoms with Crippen LogP contribution in [-0.4, -0.2) is 18.5 Å². The van der Waals surface area contributed by atoms with Gasteiger partial charge in [-0.15, -0.1) is 0 Å². The van der Waals surface area contributed by atoms with Crippen molar-refractivity contribution in [2.75, 3.05) is 11.9 Å². The third-order valence-electron chi connectivity index (χ3n) is 4.21. The molecule has 0 heterocycles. The molecule has 1 aliphatic carbocycles. The van der Waals surface area contributed by atoms with Crippen LogP contribution < -0.4 is 10.6 Å². The molecule has 24 heavy (non-hydrogen) atoms. The summed E-state index contributed by atoms with van der Waals surface area (Å²) in [5, 5.41) is 5.91. The fourth-order valence-electron chi connectivity index (χ4n) is 2.88. The van der Waals surface area contributed by atoms with Gasteiger partial charge in [-0.2, -0.15) is 13.2 Å². The van der Waals surface area contributed by atoms with Crippen molar-refractivity contribution in [3.63, 3.8) is 0 Å². The lowest BCUT2D eigenvalue weighted by atomic mass is 10.1. The molecule has 134 valence electrons. The van der Waals surface area contributed by atoms with Crippen LogP contribution in [0.5, 0.6) is 0 Å². The molecule has 1 aromatic carbocycles. The zero-order valence-electron chi connectivity index (χ0n) is 13.4. The van der Waals surface area contributed by atoms with Crippen LogP contribution in [0.15, 0.2) is 18.2 Å². The second-order valence-corrected chi connectivity index (χ2v) is 6.54. The lowest BCUT2D eigenvalue weighted by molar-refractivity contribution is -0.137. The number of carbonyl (C=O) groups is 1. The van der Waals surface area contributed by atoms with E-state index in [-0.39, 0.29) is 23.0 Å². The molecule has 0 saturated heterocycles. The molecule has 1 aromatic rings. The van der Waals surface area contributed by atoms with Crippen molar-refractivity contribution in [2.45, 2.75) is 57.2 Å². The Morgan fingerprint density at radius 2 is 1.83 bits per heavy atom. The van der Waals surface area contributed by atoms with Gasteiger partial charge in [-0.3, -0.25) is 4.79 Å². The van der Waals surface area contributed by atoms with Gasteiger partial charge in [-0.25, -0.2) is 0 Å². The van der Waals surface area contributed by atoms with Crippen molar-refractivity contribution < 1.29 is 18.0 Å². The molecule has 0 atom stereocenters. The summed E-state index contributed by atoms with van der Waals surface area (Å²) in [7, 11) is 0. The van der Waals surface area contributed by atoms with Crippen molar-refractivity contribution >= 4 is 23.2 Å². The number of nitrogens with one attached hydrogen (secondary N) is 2. The van der Waals surface area contributed by atoms with Crippen molar-refractivity contribution in [3.8, 4) is 0 Å². The number of alkyl halides is 3. The zero-order valence-corrected chi connectivity index (χ0v) is 14.1. The first-order valence-corrected chi connectivity index (χ1v) is 8.64. The molecule has 1 amide bonds. The maximum Gasteiger partial charge on any atom is 0.416 e. The van der Waals surface area contributed by atoms with Gasteiger partial charge >= 0.3 is 6.18 Å². The molecule has 7 heteroatoms. The fraction of sp³-hybridized carbons (Fsp3) is 0.588. The molecule has 0 bridgehead atoms. The Morgan fingerprint density at radius 1 is 1.17 bits per heavy atom. The van der Waals surface area contributed by atoms with E-state index in [1.54, 1.807) is 0 Å². The number of hydrogen-bond acceptors (Lipinski definition) is 2. The molecule has 0 radical (unpaired) electrons. The van der Waals surface area contributed by atoms with Crippen LogP contribution in [0.2, 0.25) is 5.02 Å². The van der Waals surface area contributed by atoms with Crippen LogP contribution in [0.25, 0.3) is 0 Å². The van der Waals surface area contributed by atoms with Gasteiger partial charge < -0.3 is 10.6 Å². The minimum Gasteiger partial charge on any atom is -0.325 e. The summed E-state index contributed by atoms with van der Waals surface area (Å²) in [6, 6.07) is 3.33. The molecule has 1 saturated carbocycles. The van der Waals surface area contributed by atoms with Crippen LogP contribution in [0, 0.1) is 0 Å². The minimum absolute atomic E-state index is 0.00837. The molecule has 0 unspecified atom stereocenters. The highest BCUT2D eigenvalue weighted by Gasteiger charge is 2.31. The van der Waals surface area contributed by atoms with Gasteiger partial charge in [-0.05, 0) is 31.0 Å². The summed E-state index contributed by atoms with van der Waals surface area (Å²) in [5.41, 5.74) is -0.843. The van der Waals surface area contributed by atoms with E-state index in [1.807, 2.05) is 0 Å². The third-order valence-corrected chi connectivity index (χ3v) is 4.54. The number of benzene rings is 1. The van der Waals surface area contributed by atoms with Gasteiger partial charge in [0.1, 0.15) is 0 Å². The maximum absolute atomic E-state index is 12.7. The number of rotatable bonds is 5. The Hall–Kier alpha value is -1.27. The number of hydrogen-bond donors (Lipinski definition) is 2. The molecule has 0 spiro atoms. The molecule has 1 aliphatic rings. The monoisotopic (exact) mass is 362 g/mol. The molecule has 2 N–H and O–H groups in total. The van der Waals surface area contributed by atoms with Gasteiger partial charge in [0, 0.05) is 19.0 Å². The van der Waals surface area contributed by atoms with Crippen molar-refractivity contribution in [2.24, 2.45) is 0 Å². The fourth-order valence-corrected chi connectivity index (χ4v) is 3.05. The first-order valence-electron chi connectivity index (χ1n) is 8.26. The van der Waals surface area contributed by atoms with Crippen LogP contribution in [0.1, 0.15) is 50.5 Å². The number of anilines is 1. The lowest BCUT2D eigenvalue weighted by Crippen LogP contribution is -2.31. The average molecular weight is 363 g/mol. The van der Waals surface area contributed by atoms with Gasteiger partial charge in [-0.1, -0.05) is 37.3 Å². The minimum atomic E-state index is -4.47. The molecular weight excluding hydrogens is 341 g/mol. The van der Waals surface area contributed by atoms with Crippen molar-refractivity contribution in [1.82, 2.24) is 5.32 Å². The Morgan fingerprint density at radius 3 is 2.46 bits per heavy atom. The highest BCUT2D eigenvalue weighted by atomic mass is 35.5. The van der Waals surface area contributed by atoms with E-state index in [0.29, 0.717) is 12.6 Å². The summed E-state index contributed by atoms with van der Waals surface area (Å²) in [4.78, 5) is 11.9. The van der Waals surface area contributed by atoms with Gasteiger partial charge in [0.2, 0.25) is 5.91 Å². The highest BCUT2D eigenvalue weighted by molar-refractivity contribution is 6.33. The van der Waals surface area contributed by atoms with Crippen molar-refractivity contribution in [1.29, 1.82) is 0 Å². The topological polar surface area (TPSA) is 41.1 Å². The largest absolute Gasteiger partial charge is 0.416 e.